The molecule has 0 saturated carbocycles. The lowest BCUT2D eigenvalue weighted by atomic mass is 9.91. The van der Waals surface area contributed by atoms with Gasteiger partial charge in [-0.25, -0.2) is 4.98 Å². The maximum Gasteiger partial charge on any atom is 0.274 e. The maximum atomic E-state index is 12.7. The van der Waals surface area contributed by atoms with Gasteiger partial charge in [-0.1, -0.05) is 72.3 Å². The van der Waals surface area contributed by atoms with Crippen LogP contribution in [0.5, 0.6) is 0 Å². The second-order valence-electron chi connectivity index (χ2n) is 5.88. The monoisotopic (exact) mass is 357 g/mol. The van der Waals surface area contributed by atoms with Crippen molar-refractivity contribution >= 4 is 34.0 Å². The zero-order valence-corrected chi connectivity index (χ0v) is 14.6. The highest BCUT2D eigenvalue weighted by Crippen LogP contribution is 2.32. The first-order valence-corrected chi connectivity index (χ1v) is 8.61. The number of fused-ring (bicyclic) bond motifs is 1. The first-order valence-electron chi connectivity index (χ1n) is 8.23. The van der Waals surface area contributed by atoms with Gasteiger partial charge < -0.3 is 5.32 Å². The summed E-state index contributed by atoms with van der Waals surface area (Å²) < 4.78 is 0. The number of anilines is 1. The third-order valence-corrected chi connectivity index (χ3v) is 4.46. The fraction of sp³-hybridized carbons (Fsp3) is 0. The maximum absolute atomic E-state index is 12.7. The Labute approximate surface area is 156 Å². The molecular formula is C22H15ClN2O. The van der Waals surface area contributed by atoms with Gasteiger partial charge in [-0.05, 0) is 29.7 Å². The predicted molar refractivity (Wildman–Crippen MR) is 107 cm³/mol. The molecule has 26 heavy (non-hydrogen) atoms. The molecule has 0 aliphatic heterocycles. The minimum atomic E-state index is -0.254. The first kappa shape index (κ1) is 16.3. The van der Waals surface area contributed by atoms with E-state index in [4.69, 9.17) is 11.6 Å². The van der Waals surface area contributed by atoms with E-state index in [0.717, 1.165) is 22.0 Å². The molecular weight excluding hydrogens is 343 g/mol. The number of pyridine rings is 1. The second-order valence-corrected chi connectivity index (χ2v) is 6.28. The van der Waals surface area contributed by atoms with E-state index in [0.29, 0.717) is 16.4 Å². The molecule has 0 unspecified atom stereocenters. The number of nitrogens with zero attached hydrogens (tertiary/aromatic N) is 1. The molecule has 4 heteroatoms. The van der Waals surface area contributed by atoms with Crippen LogP contribution >= 0.6 is 11.6 Å². The van der Waals surface area contributed by atoms with Crippen molar-refractivity contribution in [1.82, 2.24) is 4.98 Å². The summed E-state index contributed by atoms with van der Waals surface area (Å²) >= 11 is 6.38. The van der Waals surface area contributed by atoms with Gasteiger partial charge in [0.2, 0.25) is 0 Å². The molecule has 3 nitrogen and oxygen atoms in total. The number of carbonyl (C=O) groups is 1. The van der Waals surface area contributed by atoms with Gasteiger partial charge in [-0.3, -0.25) is 4.79 Å². The molecule has 0 saturated heterocycles. The fourth-order valence-corrected chi connectivity index (χ4v) is 3.12. The van der Waals surface area contributed by atoms with Crippen molar-refractivity contribution in [1.29, 1.82) is 0 Å². The van der Waals surface area contributed by atoms with Gasteiger partial charge in [0.1, 0.15) is 5.69 Å². The second kappa shape index (κ2) is 6.98. The van der Waals surface area contributed by atoms with Crippen LogP contribution in [-0.2, 0) is 0 Å². The van der Waals surface area contributed by atoms with Crippen molar-refractivity contribution in [3.05, 3.63) is 95.6 Å². The highest BCUT2D eigenvalue weighted by atomic mass is 35.5. The Bertz CT molecular complexity index is 1090. The SMILES string of the molecule is O=[11C](Nc1ccccc1)c1cc2ccccc2c(-c2ccccc2Cl)n1. The number of hydrogen-bond acceptors (Lipinski definition) is 2. The van der Waals surface area contributed by atoms with Gasteiger partial charge in [0.25, 0.3) is 5.91 Å². The van der Waals surface area contributed by atoms with E-state index in [1.165, 1.54) is 0 Å². The Balaban J connectivity index is 1.84. The minimum Gasteiger partial charge on any atom is -0.321 e. The quantitative estimate of drug-likeness (QED) is 0.503. The summed E-state index contributed by atoms with van der Waals surface area (Å²) in [7, 11) is 0. The number of hydrogen-bond donors (Lipinski definition) is 1. The molecule has 0 bridgehead atoms. The lowest BCUT2D eigenvalue weighted by Crippen LogP contribution is -2.14. The zero-order valence-electron chi connectivity index (χ0n) is 13.8. The largest absolute Gasteiger partial charge is 0.321 e. The van der Waals surface area contributed by atoms with Crippen molar-refractivity contribution in [3.63, 3.8) is 0 Å². The lowest BCUT2D eigenvalue weighted by Gasteiger charge is -2.11. The number of halogens is 1. The molecule has 0 aliphatic carbocycles. The van der Waals surface area contributed by atoms with Crippen molar-refractivity contribution in [2.24, 2.45) is 0 Å². The highest BCUT2D eigenvalue weighted by molar-refractivity contribution is 6.33. The van der Waals surface area contributed by atoms with E-state index in [9.17, 15) is 4.79 Å². The van der Waals surface area contributed by atoms with Crippen molar-refractivity contribution in [2.75, 3.05) is 5.32 Å². The first-order chi connectivity index (χ1) is 12.7. The number of rotatable bonds is 3. The summed E-state index contributed by atoms with van der Waals surface area (Å²) in [4.78, 5) is 17.4. The molecule has 1 amide bonds. The van der Waals surface area contributed by atoms with Crippen LogP contribution in [0.2, 0.25) is 5.02 Å². The van der Waals surface area contributed by atoms with E-state index >= 15 is 0 Å². The third kappa shape index (κ3) is 3.17. The molecule has 0 spiro atoms. The molecule has 4 aromatic rings. The number of aromatic nitrogens is 1. The highest BCUT2D eigenvalue weighted by Gasteiger charge is 2.15. The Kier molecular flexibility index (Phi) is 4.38. The van der Waals surface area contributed by atoms with Crippen LogP contribution in [0.3, 0.4) is 0 Å². The average molecular weight is 358 g/mol. The van der Waals surface area contributed by atoms with Gasteiger partial charge in [0.15, 0.2) is 0 Å². The minimum absolute atomic E-state index is 0.254. The Morgan fingerprint density at radius 3 is 2.35 bits per heavy atom. The Morgan fingerprint density at radius 1 is 0.846 bits per heavy atom. The number of amides is 1. The standard InChI is InChI=1S/C22H15ClN2O/c23-19-13-7-6-12-18(19)21-17-11-5-4-8-15(17)14-20(25-21)22(26)24-16-9-2-1-3-10-16/h1-14H,(H,24,26)/i22-1. The Morgan fingerprint density at radius 2 is 1.54 bits per heavy atom. The predicted octanol–water partition coefficient (Wildman–Crippen LogP) is 5.81. The van der Waals surface area contributed by atoms with Crippen LogP contribution in [-0.4, -0.2) is 10.9 Å². The molecule has 1 heterocycles. The van der Waals surface area contributed by atoms with Gasteiger partial charge in [-0.2, -0.15) is 0 Å². The van der Waals surface area contributed by atoms with Gasteiger partial charge in [-0.15, -0.1) is 0 Å². The summed E-state index contributed by atoms with van der Waals surface area (Å²) in [6.07, 6.45) is 0. The molecule has 0 atom stereocenters. The summed E-state index contributed by atoms with van der Waals surface area (Å²) in [5.74, 6) is -0.254. The van der Waals surface area contributed by atoms with Crippen molar-refractivity contribution < 1.29 is 4.79 Å². The van der Waals surface area contributed by atoms with Gasteiger partial charge in [0, 0.05) is 21.7 Å². The van der Waals surface area contributed by atoms with Crippen LogP contribution in [0.4, 0.5) is 5.69 Å². The number of para-hydroxylation sites is 1. The topological polar surface area (TPSA) is 42.0 Å². The lowest BCUT2D eigenvalue weighted by molar-refractivity contribution is 0.102. The third-order valence-electron chi connectivity index (χ3n) is 4.13. The van der Waals surface area contributed by atoms with E-state index in [1.54, 1.807) is 6.07 Å². The van der Waals surface area contributed by atoms with Gasteiger partial charge in [0.05, 0.1) is 5.69 Å². The van der Waals surface area contributed by atoms with E-state index in [-0.39, 0.29) is 5.91 Å². The summed E-state index contributed by atoms with van der Waals surface area (Å²) in [5.41, 5.74) is 2.58. The molecule has 0 fully saturated rings. The fourth-order valence-electron chi connectivity index (χ4n) is 2.89. The molecule has 4 rings (SSSR count). The smallest absolute Gasteiger partial charge is 0.274 e. The van der Waals surface area contributed by atoms with Crippen LogP contribution in [0.1, 0.15) is 10.5 Å². The summed E-state index contributed by atoms with van der Waals surface area (Å²) in [6.45, 7) is 0. The van der Waals surface area contributed by atoms with E-state index in [1.807, 2.05) is 78.9 Å². The summed E-state index contributed by atoms with van der Waals surface area (Å²) in [5, 5.41) is 5.38. The molecule has 0 radical (unpaired) electrons. The molecule has 1 aromatic heterocycles. The van der Waals surface area contributed by atoms with E-state index in [2.05, 4.69) is 10.3 Å². The summed E-state index contributed by atoms with van der Waals surface area (Å²) in [6, 6.07) is 26.5. The van der Waals surface area contributed by atoms with Crippen LogP contribution < -0.4 is 5.32 Å². The number of carbonyl (C=O) groups excluding carboxylic acids is 1. The van der Waals surface area contributed by atoms with Crippen LogP contribution in [0, 0.1) is 0 Å². The molecule has 126 valence electrons. The van der Waals surface area contributed by atoms with Crippen LogP contribution in [0.25, 0.3) is 22.0 Å². The number of benzene rings is 3. The molecule has 3 aromatic carbocycles. The number of nitrogens with one attached hydrogen (secondary N) is 1. The van der Waals surface area contributed by atoms with E-state index < -0.39 is 0 Å². The van der Waals surface area contributed by atoms with Crippen molar-refractivity contribution in [3.8, 4) is 11.3 Å². The van der Waals surface area contributed by atoms with Crippen LogP contribution in [0.15, 0.2) is 84.9 Å². The van der Waals surface area contributed by atoms with Gasteiger partial charge >= 0.3 is 0 Å². The molecule has 0 aliphatic rings. The van der Waals surface area contributed by atoms with Crippen molar-refractivity contribution in [2.45, 2.75) is 0 Å². The average Bonchev–Trinajstić information content (AvgIpc) is 2.68. The normalized spacial score (nSPS) is 10.7. The molecule has 1 N–H and O–H groups in total. The zero-order chi connectivity index (χ0) is 17.9. The Hall–Kier alpha value is -3.17.